The first-order valence-electron chi connectivity index (χ1n) is 3.52. The molecule has 0 aliphatic rings. The summed E-state index contributed by atoms with van der Waals surface area (Å²) in [7, 11) is 0. The number of hydrogen-bond acceptors (Lipinski definition) is 3. The van der Waals surface area contributed by atoms with E-state index >= 15 is 0 Å². The van der Waals surface area contributed by atoms with Gasteiger partial charge in [0.15, 0.2) is 0 Å². The molecule has 0 spiro atoms. The van der Waals surface area contributed by atoms with Crippen molar-refractivity contribution in [2.45, 2.75) is 4.90 Å². The SMILES string of the molecule is NNC(=O)NSc1ccc(Cl)cc1Cl. The standard InChI is InChI=1S/C7H7Cl2N3OS/c8-4-1-2-6(5(9)3-4)14-12-7(13)11-10/h1-3H,10H2,(H2,11,12,13). The van der Waals surface area contributed by atoms with Crippen molar-refractivity contribution in [2.24, 2.45) is 5.84 Å². The Bertz CT molecular complexity index is 348. The molecule has 14 heavy (non-hydrogen) atoms. The van der Waals surface area contributed by atoms with Crippen LogP contribution in [0.25, 0.3) is 0 Å². The Labute approximate surface area is 95.2 Å². The Balaban J connectivity index is 2.63. The van der Waals surface area contributed by atoms with Crippen LogP contribution in [0, 0.1) is 0 Å². The minimum Gasteiger partial charge on any atom is -0.277 e. The molecule has 2 amide bonds. The largest absolute Gasteiger partial charge is 0.339 e. The van der Waals surface area contributed by atoms with Crippen molar-refractivity contribution in [1.29, 1.82) is 0 Å². The Morgan fingerprint density at radius 2 is 2.14 bits per heavy atom. The van der Waals surface area contributed by atoms with E-state index in [2.05, 4.69) is 4.72 Å². The molecule has 4 N–H and O–H groups in total. The molecule has 4 nitrogen and oxygen atoms in total. The smallest absolute Gasteiger partial charge is 0.277 e. The summed E-state index contributed by atoms with van der Waals surface area (Å²) in [5, 5.41) is 1.02. The molecule has 1 aromatic rings. The Morgan fingerprint density at radius 1 is 1.43 bits per heavy atom. The van der Waals surface area contributed by atoms with Gasteiger partial charge in [-0.3, -0.25) is 10.1 Å². The first kappa shape index (κ1) is 11.5. The van der Waals surface area contributed by atoms with Crippen molar-refractivity contribution in [2.75, 3.05) is 0 Å². The monoisotopic (exact) mass is 251 g/mol. The zero-order valence-corrected chi connectivity index (χ0v) is 9.21. The molecule has 0 bridgehead atoms. The maximum absolute atomic E-state index is 10.7. The number of benzene rings is 1. The summed E-state index contributed by atoms with van der Waals surface area (Å²) >= 11 is 12.6. The second-order valence-electron chi connectivity index (χ2n) is 2.25. The topological polar surface area (TPSA) is 67.1 Å². The number of amides is 2. The highest BCUT2D eigenvalue weighted by atomic mass is 35.5. The van der Waals surface area contributed by atoms with Gasteiger partial charge < -0.3 is 0 Å². The number of nitrogens with two attached hydrogens (primary N) is 1. The summed E-state index contributed by atoms with van der Waals surface area (Å²) in [6, 6.07) is 4.47. The van der Waals surface area contributed by atoms with E-state index in [0.717, 1.165) is 11.9 Å². The Morgan fingerprint density at radius 3 is 2.71 bits per heavy atom. The molecular formula is C7H7Cl2N3OS. The minimum atomic E-state index is -0.499. The van der Waals surface area contributed by atoms with E-state index in [4.69, 9.17) is 29.0 Å². The van der Waals surface area contributed by atoms with Gasteiger partial charge in [0.25, 0.3) is 0 Å². The average Bonchev–Trinajstić information content (AvgIpc) is 2.16. The number of carbonyl (C=O) groups excluding carboxylic acids is 1. The highest BCUT2D eigenvalue weighted by Crippen LogP contribution is 2.27. The summed E-state index contributed by atoms with van der Waals surface area (Å²) in [4.78, 5) is 11.4. The fourth-order valence-corrected chi connectivity index (χ4v) is 1.77. The van der Waals surface area contributed by atoms with Crippen LogP contribution in [0.1, 0.15) is 0 Å². The predicted molar refractivity (Wildman–Crippen MR) is 58.2 cm³/mol. The molecule has 0 aromatic heterocycles. The molecule has 1 aromatic carbocycles. The van der Waals surface area contributed by atoms with Crippen LogP contribution in [0.2, 0.25) is 10.0 Å². The molecule has 1 rings (SSSR count). The number of hydrogen-bond donors (Lipinski definition) is 3. The third kappa shape index (κ3) is 3.26. The molecule has 0 aliphatic heterocycles. The van der Waals surface area contributed by atoms with Crippen molar-refractivity contribution in [3.05, 3.63) is 28.2 Å². The number of hydrazine groups is 1. The van der Waals surface area contributed by atoms with Gasteiger partial charge in [0.2, 0.25) is 0 Å². The maximum atomic E-state index is 10.7. The van der Waals surface area contributed by atoms with Crippen LogP contribution in [0.4, 0.5) is 4.79 Å². The van der Waals surface area contributed by atoms with E-state index in [0.29, 0.717) is 14.9 Å². The molecule has 76 valence electrons. The van der Waals surface area contributed by atoms with Crippen molar-refractivity contribution >= 4 is 41.2 Å². The van der Waals surface area contributed by atoms with Gasteiger partial charge in [-0.05, 0) is 30.1 Å². The molecule has 0 heterocycles. The van der Waals surface area contributed by atoms with Gasteiger partial charge in [-0.25, -0.2) is 10.6 Å². The minimum absolute atomic E-state index is 0.472. The van der Waals surface area contributed by atoms with Gasteiger partial charge in [-0.2, -0.15) is 0 Å². The summed E-state index contributed by atoms with van der Waals surface area (Å²) in [5.41, 5.74) is 1.93. The van der Waals surface area contributed by atoms with Crippen LogP contribution in [0.15, 0.2) is 23.1 Å². The van der Waals surface area contributed by atoms with Crippen molar-refractivity contribution in [1.82, 2.24) is 10.1 Å². The summed E-state index contributed by atoms with van der Waals surface area (Å²) in [5.74, 6) is 4.87. The molecule has 7 heteroatoms. The Hall–Kier alpha value is -0.620. The van der Waals surface area contributed by atoms with E-state index in [1.165, 1.54) is 0 Å². The zero-order chi connectivity index (χ0) is 10.6. The quantitative estimate of drug-likeness (QED) is 0.327. The van der Waals surface area contributed by atoms with Crippen LogP contribution in [-0.2, 0) is 0 Å². The lowest BCUT2D eigenvalue weighted by atomic mass is 10.4. The molecule has 0 saturated carbocycles. The lowest BCUT2D eigenvalue weighted by molar-refractivity contribution is 0.247. The third-order valence-electron chi connectivity index (χ3n) is 1.28. The highest BCUT2D eigenvalue weighted by molar-refractivity contribution is 7.98. The van der Waals surface area contributed by atoms with Crippen molar-refractivity contribution in [3.8, 4) is 0 Å². The van der Waals surface area contributed by atoms with Gasteiger partial charge in [-0.1, -0.05) is 23.2 Å². The molecule has 0 unspecified atom stereocenters. The molecule has 0 saturated heterocycles. The highest BCUT2D eigenvalue weighted by Gasteiger charge is 2.03. The van der Waals surface area contributed by atoms with E-state index in [1.54, 1.807) is 18.2 Å². The number of rotatable bonds is 2. The number of urea groups is 1. The fraction of sp³-hybridized carbons (Fsp3) is 0. The van der Waals surface area contributed by atoms with Gasteiger partial charge in [0, 0.05) is 9.92 Å². The van der Waals surface area contributed by atoms with Crippen LogP contribution in [-0.4, -0.2) is 6.03 Å². The van der Waals surface area contributed by atoms with Gasteiger partial charge in [-0.15, -0.1) is 0 Å². The second kappa shape index (κ2) is 5.31. The summed E-state index contributed by atoms with van der Waals surface area (Å²) < 4.78 is 2.42. The molecule has 0 atom stereocenters. The van der Waals surface area contributed by atoms with E-state index in [-0.39, 0.29) is 0 Å². The first-order valence-corrected chi connectivity index (χ1v) is 5.09. The number of carbonyl (C=O) groups is 1. The molecule has 0 radical (unpaired) electrons. The van der Waals surface area contributed by atoms with Crippen LogP contribution >= 0.6 is 35.1 Å². The van der Waals surface area contributed by atoms with E-state index < -0.39 is 6.03 Å². The Kier molecular flexibility index (Phi) is 4.34. The number of halogens is 2. The molecule has 0 fully saturated rings. The molecular weight excluding hydrogens is 245 g/mol. The van der Waals surface area contributed by atoms with Gasteiger partial charge in [0.05, 0.1) is 5.02 Å². The first-order chi connectivity index (χ1) is 6.63. The fourth-order valence-electron chi connectivity index (χ4n) is 0.689. The van der Waals surface area contributed by atoms with Gasteiger partial charge in [0.1, 0.15) is 0 Å². The predicted octanol–water partition coefficient (Wildman–Crippen LogP) is 2.17. The summed E-state index contributed by atoms with van der Waals surface area (Å²) in [6.07, 6.45) is 0. The number of nitrogens with one attached hydrogen (secondary N) is 2. The average molecular weight is 252 g/mol. The van der Waals surface area contributed by atoms with Crippen molar-refractivity contribution < 1.29 is 4.79 Å². The third-order valence-corrected chi connectivity index (χ3v) is 2.80. The van der Waals surface area contributed by atoms with Gasteiger partial charge >= 0.3 is 6.03 Å². The lowest BCUT2D eigenvalue weighted by Crippen LogP contribution is -2.36. The van der Waals surface area contributed by atoms with Crippen LogP contribution in [0.5, 0.6) is 0 Å². The maximum Gasteiger partial charge on any atom is 0.339 e. The normalized spacial score (nSPS) is 9.64. The van der Waals surface area contributed by atoms with Crippen molar-refractivity contribution in [3.63, 3.8) is 0 Å². The second-order valence-corrected chi connectivity index (χ2v) is 3.94. The van der Waals surface area contributed by atoms with Crippen LogP contribution in [0.3, 0.4) is 0 Å². The molecule has 0 aliphatic carbocycles. The van der Waals surface area contributed by atoms with Crippen LogP contribution < -0.4 is 16.0 Å². The van der Waals surface area contributed by atoms with E-state index in [1.807, 2.05) is 5.43 Å². The lowest BCUT2D eigenvalue weighted by Gasteiger charge is -2.04. The zero-order valence-electron chi connectivity index (χ0n) is 6.88. The van der Waals surface area contributed by atoms with E-state index in [9.17, 15) is 4.79 Å². The summed E-state index contributed by atoms with van der Waals surface area (Å²) in [6.45, 7) is 0.